The van der Waals surface area contributed by atoms with Gasteiger partial charge in [-0.1, -0.05) is 0 Å². The molecule has 0 radical (unpaired) electrons. The topological polar surface area (TPSA) is 58.6 Å². The summed E-state index contributed by atoms with van der Waals surface area (Å²) < 4.78 is 5.48. The third kappa shape index (κ3) is 6.23. The molecule has 2 amide bonds. The number of ether oxygens (including phenoxy) is 1. The van der Waals surface area contributed by atoms with Crippen molar-refractivity contribution < 1.29 is 14.3 Å². The van der Waals surface area contributed by atoms with Crippen molar-refractivity contribution in [3.05, 3.63) is 91.0 Å². The fourth-order valence-corrected chi connectivity index (χ4v) is 13.0. The van der Waals surface area contributed by atoms with Crippen molar-refractivity contribution in [1.29, 1.82) is 0 Å². The SMILES string of the molecule is CN(CC1(C(=O)NCCCP(Br)(c2ccccc2)(c2ccccc2)c2ccccc2)CC1)C(=O)OC(C)(C)C. The summed E-state index contributed by atoms with van der Waals surface area (Å²) in [5, 5.41) is 3.99. The van der Waals surface area contributed by atoms with Gasteiger partial charge in [-0.25, -0.2) is 0 Å². The Balaban J connectivity index is 1.52. The van der Waals surface area contributed by atoms with Gasteiger partial charge in [0.1, 0.15) is 0 Å². The molecule has 1 N–H and O–H groups in total. The van der Waals surface area contributed by atoms with Gasteiger partial charge in [-0.3, -0.25) is 0 Å². The summed E-state index contributed by atoms with van der Waals surface area (Å²) >= 11 is 4.47. The fraction of sp³-hybridized carbons (Fsp3) is 0.375. The van der Waals surface area contributed by atoms with Crippen LogP contribution >= 0.6 is 20.8 Å². The van der Waals surface area contributed by atoms with E-state index in [4.69, 9.17) is 4.74 Å². The Kier molecular flexibility index (Phi) is 8.58. The number of rotatable bonds is 10. The molecule has 0 aliphatic heterocycles. The number of nitrogens with one attached hydrogen (secondary N) is 1. The van der Waals surface area contributed by atoms with Crippen molar-refractivity contribution in [1.82, 2.24) is 10.2 Å². The molecule has 0 aromatic heterocycles. The van der Waals surface area contributed by atoms with E-state index in [1.165, 1.54) is 20.8 Å². The van der Waals surface area contributed by atoms with E-state index in [1.54, 1.807) is 7.05 Å². The summed E-state index contributed by atoms with van der Waals surface area (Å²) in [6.45, 7) is 6.46. The van der Waals surface area contributed by atoms with Crippen LogP contribution in [0.3, 0.4) is 0 Å². The second-order valence-electron chi connectivity index (χ2n) is 11.6. The van der Waals surface area contributed by atoms with Crippen molar-refractivity contribution in [2.75, 3.05) is 26.3 Å². The molecule has 4 rings (SSSR count). The monoisotopic (exact) mass is 610 g/mol. The Morgan fingerprint density at radius 1 is 0.872 bits per heavy atom. The van der Waals surface area contributed by atoms with E-state index in [-0.39, 0.29) is 5.91 Å². The molecule has 1 aliphatic rings. The number of carbonyl (C=O) groups is 2. The Hall–Kier alpha value is -2.69. The molecular weight excluding hydrogens is 571 g/mol. The number of carbonyl (C=O) groups excluding carboxylic acids is 2. The molecular formula is C32H40BrN2O3P. The number of hydrogen-bond acceptors (Lipinski definition) is 3. The number of benzene rings is 3. The summed E-state index contributed by atoms with van der Waals surface area (Å²) in [4.78, 5) is 27.3. The van der Waals surface area contributed by atoms with Gasteiger partial charge in [-0.15, -0.1) is 0 Å². The van der Waals surface area contributed by atoms with Crippen LogP contribution in [0.5, 0.6) is 0 Å². The van der Waals surface area contributed by atoms with Gasteiger partial charge in [0.05, 0.1) is 0 Å². The van der Waals surface area contributed by atoms with Crippen LogP contribution < -0.4 is 21.2 Å². The van der Waals surface area contributed by atoms with Crippen LogP contribution in [0.1, 0.15) is 40.0 Å². The molecule has 0 atom stereocenters. The zero-order chi connectivity index (χ0) is 28.2. The molecule has 208 valence electrons. The zero-order valence-electron chi connectivity index (χ0n) is 23.4. The predicted molar refractivity (Wildman–Crippen MR) is 167 cm³/mol. The number of halogens is 1. The first-order chi connectivity index (χ1) is 18.5. The zero-order valence-corrected chi connectivity index (χ0v) is 25.9. The average molecular weight is 612 g/mol. The van der Waals surface area contributed by atoms with Gasteiger partial charge >= 0.3 is 242 Å². The van der Waals surface area contributed by atoms with Crippen molar-refractivity contribution in [3.63, 3.8) is 0 Å². The molecule has 1 aliphatic carbocycles. The molecule has 7 heteroatoms. The first kappa shape index (κ1) is 29.3. The summed E-state index contributed by atoms with van der Waals surface area (Å²) in [5.41, 5.74) is -1.09. The first-order valence-electron chi connectivity index (χ1n) is 13.6. The van der Waals surface area contributed by atoms with Crippen LogP contribution in [-0.2, 0) is 9.53 Å². The maximum atomic E-state index is 13.3. The van der Waals surface area contributed by atoms with Crippen molar-refractivity contribution in [3.8, 4) is 0 Å². The Labute approximate surface area is 241 Å². The van der Waals surface area contributed by atoms with Crippen LogP contribution in [0.25, 0.3) is 0 Å². The average Bonchev–Trinajstić information content (AvgIpc) is 3.72. The van der Waals surface area contributed by atoms with E-state index in [9.17, 15) is 9.59 Å². The van der Waals surface area contributed by atoms with Gasteiger partial charge in [-0.2, -0.15) is 0 Å². The molecule has 0 spiro atoms. The predicted octanol–water partition coefficient (Wildman–Crippen LogP) is 5.98. The number of hydrogen-bond donors (Lipinski definition) is 1. The van der Waals surface area contributed by atoms with E-state index >= 15 is 0 Å². The van der Waals surface area contributed by atoms with E-state index in [2.05, 4.69) is 112 Å². The van der Waals surface area contributed by atoms with Crippen LogP contribution in [-0.4, -0.2) is 48.8 Å². The minimum atomic E-state index is -3.02. The molecule has 5 nitrogen and oxygen atoms in total. The Morgan fingerprint density at radius 2 is 1.31 bits per heavy atom. The second-order valence-corrected chi connectivity index (χ2v) is 20.7. The molecule has 0 bridgehead atoms. The van der Waals surface area contributed by atoms with Crippen molar-refractivity contribution in [2.24, 2.45) is 5.41 Å². The van der Waals surface area contributed by atoms with Crippen molar-refractivity contribution >= 4 is 48.7 Å². The van der Waals surface area contributed by atoms with Gasteiger partial charge in [0.25, 0.3) is 0 Å². The third-order valence-electron chi connectivity index (χ3n) is 7.50. The summed E-state index contributed by atoms with van der Waals surface area (Å²) in [6.07, 6.45) is 2.82. The Morgan fingerprint density at radius 3 is 1.69 bits per heavy atom. The van der Waals surface area contributed by atoms with E-state index in [0.29, 0.717) is 13.1 Å². The van der Waals surface area contributed by atoms with Gasteiger partial charge < -0.3 is 0 Å². The molecule has 1 fully saturated rings. The number of amides is 2. The first-order valence-corrected chi connectivity index (χ1v) is 18.0. The molecule has 0 unspecified atom stereocenters. The van der Waals surface area contributed by atoms with E-state index in [1.807, 2.05) is 20.8 Å². The minimum absolute atomic E-state index is 0.0203. The summed E-state index contributed by atoms with van der Waals surface area (Å²) in [6, 6.07) is 32.1. The molecule has 39 heavy (non-hydrogen) atoms. The van der Waals surface area contributed by atoms with E-state index in [0.717, 1.165) is 25.4 Å². The quantitative estimate of drug-likeness (QED) is 0.227. The summed E-state index contributed by atoms with van der Waals surface area (Å²) in [5.74, 6) is 0.0203. The fourth-order valence-electron chi connectivity index (χ4n) is 5.28. The van der Waals surface area contributed by atoms with Gasteiger partial charge in [0.15, 0.2) is 0 Å². The van der Waals surface area contributed by atoms with E-state index < -0.39 is 22.4 Å². The normalized spacial score (nSPS) is 15.5. The van der Waals surface area contributed by atoms with Gasteiger partial charge in [0.2, 0.25) is 0 Å². The summed E-state index contributed by atoms with van der Waals surface area (Å²) in [7, 11) is 1.70. The van der Waals surface area contributed by atoms with Crippen LogP contribution in [0.2, 0.25) is 0 Å². The molecule has 1 saturated carbocycles. The van der Waals surface area contributed by atoms with Crippen LogP contribution in [0.4, 0.5) is 4.79 Å². The van der Waals surface area contributed by atoms with Gasteiger partial charge in [0, 0.05) is 0 Å². The Bertz CT molecular complexity index is 1180. The second kappa shape index (κ2) is 11.4. The van der Waals surface area contributed by atoms with Crippen LogP contribution in [0.15, 0.2) is 91.0 Å². The van der Waals surface area contributed by atoms with Gasteiger partial charge in [-0.05, 0) is 0 Å². The molecule has 3 aromatic carbocycles. The third-order valence-corrected chi connectivity index (χ3v) is 17.5. The molecule has 3 aromatic rings. The van der Waals surface area contributed by atoms with Crippen molar-refractivity contribution in [2.45, 2.75) is 45.6 Å². The molecule has 0 saturated heterocycles. The van der Waals surface area contributed by atoms with Crippen LogP contribution in [0, 0.1) is 5.41 Å². The number of nitrogens with zero attached hydrogens (tertiary/aromatic N) is 1. The maximum absolute atomic E-state index is 13.3. The standard InChI is InChI=1S/C32H40BrN2O3P/c1-31(2,3)38-30(37)35(4)25-32(21-22-32)29(36)34-23-14-24-39(33,26-15-8-5-9-16-26,27-17-10-6-11-18-27)28-19-12-7-13-20-28/h5-13,15-20H,14,21-25H2,1-4H3,(H,34,36). The molecule has 0 heterocycles.